The Morgan fingerprint density at radius 3 is 2.72 bits per heavy atom. The lowest BCUT2D eigenvalue weighted by Crippen LogP contribution is -2.02. The van der Waals surface area contributed by atoms with Gasteiger partial charge in [0.2, 0.25) is 0 Å². The number of carboxylic acid groups (broad SMARTS) is 1. The lowest BCUT2D eigenvalue weighted by molar-refractivity contribution is 0.0696. The molecule has 0 heterocycles. The highest BCUT2D eigenvalue weighted by Gasteiger charge is 2.13. The highest BCUT2D eigenvalue weighted by atomic mass is 19.2. The molecule has 0 aliphatic heterocycles. The molecule has 0 unspecified atom stereocenters. The second-order valence-corrected chi connectivity index (χ2v) is 3.12. The number of aromatic carboxylic acids is 1. The van der Waals surface area contributed by atoms with Crippen LogP contribution in [0.5, 0.6) is 0 Å². The Morgan fingerprint density at radius 2 is 2.11 bits per heavy atom. The van der Waals surface area contributed by atoms with E-state index in [1.165, 1.54) is 0 Å². The zero-order chi connectivity index (χ0) is 13.5. The monoisotopic (exact) mass is 251 g/mol. The summed E-state index contributed by atoms with van der Waals surface area (Å²) in [4.78, 5) is 13.3. The van der Waals surface area contributed by atoms with Crippen LogP contribution in [0.3, 0.4) is 0 Å². The van der Waals surface area contributed by atoms with Gasteiger partial charge >= 0.3 is 5.97 Å². The van der Waals surface area contributed by atoms with Crippen molar-refractivity contribution >= 4 is 5.97 Å². The number of benzene rings is 1. The van der Waals surface area contributed by atoms with Crippen molar-refractivity contribution in [1.29, 1.82) is 0 Å². The predicted molar refractivity (Wildman–Crippen MR) is 58.8 cm³/mol. The van der Waals surface area contributed by atoms with Gasteiger partial charge in [-0.1, -0.05) is 17.0 Å². The van der Waals surface area contributed by atoms with Crippen LogP contribution in [-0.2, 0) is 0 Å². The Hall–Kier alpha value is -2.58. The lowest BCUT2D eigenvalue weighted by atomic mass is 10.1. The molecule has 92 valence electrons. The van der Waals surface area contributed by atoms with Crippen LogP contribution < -0.4 is 0 Å². The van der Waals surface area contributed by atoms with Crippen LogP contribution in [0, 0.1) is 23.5 Å². The van der Waals surface area contributed by atoms with Crippen LogP contribution in [0.1, 0.15) is 22.3 Å². The molecule has 0 fully saturated rings. The summed E-state index contributed by atoms with van der Waals surface area (Å²) in [6.07, 6.45) is 0.197. The first-order chi connectivity index (χ1) is 8.56. The van der Waals surface area contributed by atoms with Gasteiger partial charge in [0.1, 0.15) is 0 Å². The van der Waals surface area contributed by atoms with Crippen molar-refractivity contribution in [1.82, 2.24) is 0 Å². The van der Waals surface area contributed by atoms with Gasteiger partial charge in [0.05, 0.1) is 5.56 Å². The van der Waals surface area contributed by atoms with Gasteiger partial charge in [0.15, 0.2) is 11.6 Å². The van der Waals surface area contributed by atoms with E-state index in [0.29, 0.717) is 6.07 Å². The van der Waals surface area contributed by atoms with Crippen LogP contribution in [0.25, 0.3) is 10.4 Å². The maximum absolute atomic E-state index is 13.0. The molecular weight excluding hydrogens is 244 g/mol. The van der Waals surface area contributed by atoms with E-state index < -0.39 is 23.2 Å². The molecule has 7 heteroatoms. The minimum Gasteiger partial charge on any atom is -0.478 e. The smallest absolute Gasteiger partial charge is 0.337 e. The molecule has 0 bridgehead atoms. The van der Waals surface area contributed by atoms with E-state index in [1.807, 2.05) is 0 Å². The average molecular weight is 251 g/mol. The molecule has 1 rings (SSSR count). The van der Waals surface area contributed by atoms with Crippen LogP contribution in [0.15, 0.2) is 17.2 Å². The van der Waals surface area contributed by atoms with Crippen molar-refractivity contribution in [3.05, 3.63) is 45.3 Å². The normalized spacial score (nSPS) is 9.00. The summed E-state index contributed by atoms with van der Waals surface area (Å²) >= 11 is 0. The fourth-order valence-electron chi connectivity index (χ4n) is 1.14. The number of hydrogen-bond acceptors (Lipinski definition) is 2. The Balaban J connectivity index is 3.03. The summed E-state index contributed by atoms with van der Waals surface area (Å²) < 4.78 is 25.8. The van der Waals surface area contributed by atoms with Crippen LogP contribution in [0.2, 0.25) is 0 Å². The van der Waals surface area contributed by atoms with E-state index in [0.717, 1.165) is 6.07 Å². The van der Waals surface area contributed by atoms with Crippen molar-refractivity contribution in [3.8, 4) is 11.8 Å². The predicted octanol–water partition coefficient (Wildman–Crippen LogP) is 2.71. The van der Waals surface area contributed by atoms with Crippen LogP contribution >= 0.6 is 0 Å². The Kier molecular flexibility index (Phi) is 4.67. The number of carbonyl (C=O) groups is 1. The van der Waals surface area contributed by atoms with Crippen LogP contribution in [-0.4, -0.2) is 17.6 Å². The zero-order valence-electron chi connectivity index (χ0n) is 9.02. The Bertz CT molecular complexity index is 584. The third kappa shape index (κ3) is 3.47. The van der Waals surface area contributed by atoms with Gasteiger partial charge in [-0.15, -0.1) is 0 Å². The van der Waals surface area contributed by atoms with E-state index in [1.54, 1.807) is 0 Å². The molecule has 0 aromatic heterocycles. The molecule has 0 radical (unpaired) electrons. The Morgan fingerprint density at radius 1 is 1.44 bits per heavy atom. The van der Waals surface area contributed by atoms with Gasteiger partial charge in [-0.3, -0.25) is 0 Å². The van der Waals surface area contributed by atoms with Crippen molar-refractivity contribution in [2.75, 3.05) is 6.54 Å². The average Bonchev–Trinajstić information content (AvgIpc) is 2.32. The Labute approximate surface area is 101 Å². The number of carboxylic acids is 1. The highest BCUT2D eigenvalue weighted by molar-refractivity contribution is 5.90. The largest absolute Gasteiger partial charge is 0.478 e. The fraction of sp³-hybridized carbons (Fsp3) is 0.182. The number of halogens is 2. The van der Waals surface area contributed by atoms with E-state index in [-0.39, 0.29) is 18.5 Å². The first-order valence-electron chi connectivity index (χ1n) is 4.78. The van der Waals surface area contributed by atoms with E-state index in [2.05, 4.69) is 21.9 Å². The minimum absolute atomic E-state index is 0.121. The molecule has 1 N–H and O–H groups in total. The molecule has 0 saturated carbocycles. The summed E-state index contributed by atoms with van der Waals surface area (Å²) in [5, 5.41) is 12.0. The molecule has 0 aliphatic rings. The van der Waals surface area contributed by atoms with Gasteiger partial charge in [-0.25, -0.2) is 13.6 Å². The third-order valence-corrected chi connectivity index (χ3v) is 1.91. The molecule has 0 aliphatic carbocycles. The van der Waals surface area contributed by atoms with E-state index in [9.17, 15) is 13.6 Å². The SMILES string of the molecule is [N-]=[N+]=NCCC#Cc1cc(F)c(F)cc1C(=O)O. The quantitative estimate of drug-likeness (QED) is 0.294. The molecule has 18 heavy (non-hydrogen) atoms. The van der Waals surface area contributed by atoms with Gasteiger partial charge in [0, 0.05) is 23.4 Å². The molecule has 1 aromatic carbocycles. The van der Waals surface area contributed by atoms with Gasteiger partial charge < -0.3 is 5.11 Å². The molecule has 0 atom stereocenters. The summed E-state index contributed by atoms with van der Waals surface area (Å²) in [7, 11) is 0. The second-order valence-electron chi connectivity index (χ2n) is 3.12. The van der Waals surface area contributed by atoms with Crippen LogP contribution in [0.4, 0.5) is 8.78 Å². The van der Waals surface area contributed by atoms with Crippen molar-refractivity contribution in [2.45, 2.75) is 6.42 Å². The van der Waals surface area contributed by atoms with Gasteiger partial charge in [-0.2, -0.15) is 0 Å². The number of rotatable bonds is 3. The summed E-state index contributed by atoms with van der Waals surface area (Å²) in [6, 6.07) is 1.30. The first-order valence-corrected chi connectivity index (χ1v) is 4.78. The van der Waals surface area contributed by atoms with E-state index >= 15 is 0 Å². The second kappa shape index (κ2) is 6.23. The molecule has 1 aromatic rings. The summed E-state index contributed by atoms with van der Waals surface area (Å²) in [5.41, 5.74) is 7.47. The van der Waals surface area contributed by atoms with Crippen molar-refractivity contribution in [2.24, 2.45) is 5.11 Å². The topological polar surface area (TPSA) is 86.1 Å². The minimum atomic E-state index is -1.40. The lowest BCUT2D eigenvalue weighted by Gasteiger charge is -2.00. The van der Waals surface area contributed by atoms with Crippen molar-refractivity contribution in [3.63, 3.8) is 0 Å². The standard InChI is InChI=1S/C11H7F2N3O2/c12-9-5-7(3-1-2-4-15-16-14)8(11(17)18)6-10(9)13/h5-6H,2,4H2,(H,17,18). The molecule has 0 saturated heterocycles. The van der Waals surface area contributed by atoms with E-state index in [4.69, 9.17) is 10.6 Å². The molecule has 0 spiro atoms. The first kappa shape index (κ1) is 13.5. The molecule has 5 nitrogen and oxygen atoms in total. The molecule has 0 amide bonds. The number of nitrogens with zero attached hydrogens (tertiary/aromatic N) is 3. The number of hydrogen-bond donors (Lipinski definition) is 1. The zero-order valence-corrected chi connectivity index (χ0v) is 9.02. The summed E-state index contributed by atoms with van der Waals surface area (Å²) in [5.74, 6) is 1.11. The summed E-state index contributed by atoms with van der Waals surface area (Å²) in [6.45, 7) is 0.121. The number of azide groups is 1. The van der Waals surface area contributed by atoms with Gasteiger partial charge in [0.25, 0.3) is 0 Å². The fourth-order valence-corrected chi connectivity index (χ4v) is 1.14. The third-order valence-electron chi connectivity index (χ3n) is 1.91. The maximum Gasteiger partial charge on any atom is 0.337 e. The maximum atomic E-state index is 13.0. The highest BCUT2D eigenvalue weighted by Crippen LogP contribution is 2.14. The van der Waals surface area contributed by atoms with Crippen molar-refractivity contribution < 1.29 is 18.7 Å². The molecular formula is C11H7F2N3O2. The van der Waals surface area contributed by atoms with Gasteiger partial charge in [-0.05, 0) is 17.7 Å².